The quantitative estimate of drug-likeness (QED) is 0.717. The van der Waals surface area contributed by atoms with E-state index < -0.39 is 0 Å². The topological polar surface area (TPSA) is 29.1 Å². The molecule has 0 unspecified atom stereocenters. The predicted octanol–water partition coefficient (Wildman–Crippen LogP) is 1.69. The molecule has 0 saturated heterocycles. The second-order valence-electron chi connectivity index (χ2n) is 3.04. The van der Waals surface area contributed by atoms with E-state index >= 15 is 0 Å². The Morgan fingerprint density at radius 3 is 2.73 bits per heavy atom. The van der Waals surface area contributed by atoms with Gasteiger partial charge in [0.1, 0.15) is 0 Å². The highest BCUT2D eigenvalue weighted by Gasteiger charge is 2.17. The third-order valence-electron chi connectivity index (χ3n) is 2.13. The summed E-state index contributed by atoms with van der Waals surface area (Å²) in [4.78, 5) is 10.9. The molecule has 1 rings (SSSR count). The van der Waals surface area contributed by atoms with E-state index in [1.54, 1.807) is 0 Å². The second-order valence-corrected chi connectivity index (χ2v) is 3.83. The number of hydrogen-bond acceptors (Lipinski definition) is 1. The lowest BCUT2D eigenvalue weighted by Crippen LogP contribution is -2.32. The first-order chi connectivity index (χ1) is 5.33. The number of carbonyl (C=O) groups excluding carboxylic acids is 1. The number of alkyl halides is 1. The van der Waals surface area contributed by atoms with Gasteiger partial charge in [0.15, 0.2) is 0 Å². The van der Waals surface area contributed by atoms with Gasteiger partial charge in [0.2, 0.25) is 5.91 Å². The normalized spacial score (nSPS) is 17.5. The predicted molar refractivity (Wildman–Crippen MR) is 48.8 cm³/mol. The summed E-state index contributed by atoms with van der Waals surface area (Å²) in [5.74, 6) is 0.947. The van der Waals surface area contributed by atoms with E-state index in [1.165, 1.54) is 19.3 Å². The molecule has 0 aromatic heterocycles. The fraction of sp³-hybridized carbons (Fsp3) is 0.875. The molecule has 1 amide bonds. The van der Waals surface area contributed by atoms with E-state index in [-0.39, 0.29) is 5.91 Å². The molecule has 1 aliphatic carbocycles. The molecule has 0 atom stereocenters. The Kier molecular flexibility index (Phi) is 3.91. The molecule has 3 heteroatoms. The molecule has 1 aliphatic rings. The molecule has 1 fully saturated rings. The zero-order chi connectivity index (χ0) is 8.10. The highest BCUT2D eigenvalue weighted by atomic mass is 79.9. The van der Waals surface area contributed by atoms with Crippen molar-refractivity contribution in [2.75, 3.05) is 11.9 Å². The van der Waals surface area contributed by atoms with Gasteiger partial charge in [-0.2, -0.15) is 0 Å². The average Bonchev–Trinajstić information content (AvgIpc) is 1.85. The summed E-state index contributed by atoms with van der Waals surface area (Å²) < 4.78 is 0. The molecular weight excluding hydrogens is 206 g/mol. The molecule has 0 spiro atoms. The number of nitrogens with one attached hydrogen (secondary N) is 1. The maximum absolute atomic E-state index is 10.9. The highest BCUT2D eigenvalue weighted by molar-refractivity contribution is 9.09. The van der Waals surface area contributed by atoms with Gasteiger partial charge in [-0.15, -0.1) is 0 Å². The number of rotatable bonds is 4. The van der Waals surface area contributed by atoms with Crippen molar-refractivity contribution in [2.45, 2.75) is 25.7 Å². The monoisotopic (exact) mass is 219 g/mol. The van der Waals surface area contributed by atoms with E-state index in [0.29, 0.717) is 6.42 Å². The zero-order valence-electron chi connectivity index (χ0n) is 6.61. The summed E-state index contributed by atoms with van der Waals surface area (Å²) in [6.07, 6.45) is 4.55. The first kappa shape index (κ1) is 9.04. The lowest BCUT2D eigenvalue weighted by molar-refractivity contribution is -0.120. The third kappa shape index (κ3) is 3.23. The molecule has 2 nitrogen and oxygen atoms in total. The minimum absolute atomic E-state index is 0.175. The van der Waals surface area contributed by atoms with Crippen LogP contribution in [-0.2, 0) is 4.79 Å². The minimum Gasteiger partial charge on any atom is -0.356 e. The lowest BCUT2D eigenvalue weighted by Gasteiger charge is -2.25. The fourth-order valence-corrected chi connectivity index (χ4v) is 1.49. The van der Waals surface area contributed by atoms with Gasteiger partial charge in [0.25, 0.3) is 0 Å². The summed E-state index contributed by atoms with van der Waals surface area (Å²) in [5.41, 5.74) is 0. The molecule has 1 saturated carbocycles. The molecule has 1 N–H and O–H groups in total. The molecule has 0 aromatic carbocycles. The number of halogens is 1. The summed E-state index contributed by atoms with van der Waals surface area (Å²) in [7, 11) is 0. The maximum atomic E-state index is 10.9. The molecule has 0 bridgehead atoms. The Morgan fingerprint density at radius 2 is 2.27 bits per heavy atom. The van der Waals surface area contributed by atoms with Crippen LogP contribution < -0.4 is 5.32 Å². The van der Waals surface area contributed by atoms with Crippen LogP contribution in [0, 0.1) is 5.92 Å². The number of amides is 1. The van der Waals surface area contributed by atoms with Gasteiger partial charge in [-0.3, -0.25) is 4.79 Å². The van der Waals surface area contributed by atoms with Crippen molar-refractivity contribution >= 4 is 21.8 Å². The molecule has 0 heterocycles. The van der Waals surface area contributed by atoms with Crippen LogP contribution in [0.3, 0.4) is 0 Å². The van der Waals surface area contributed by atoms with Gasteiger partial charge >= 0.3 is 0 Å². The van der Waals surface area contributed by atoms with Crippen molar-refractivity contribution in [3.63, 3.8) is 0 Å². The van der Waals surface area contributed by atoms with Gasteiger partial charge in [-0.1, -0.05) is 22.4 Å². The molecule has 0 aliphatic heterocycles. The third-order valence-corrected chi connectivity index (χ3v) is 2.53. The van der Waals surface area contributed by atoms with Gasteiger partial charge in [0, 0.05) is 18.3 Å². The number of carbonyl (C=O) groups is 1. The van der Waals surface area contributed by atoms with Crippen molar-refractivity contribution in [1.82, 2.24) is 5.32 Å². The SMILES string of the molecule is O=C(CCBr)NCC1CCC1. The summed E-state index contributed by atoms with van der Waals surface area (Å²) >= 11 is 3.23. The zero-order valence-corrected chi connectivity index (χ0v) is 8.19. The van der Waals surface area contributed by atoms with Crippen molar-refractivity contribution < 1.29 is 4.79 Å². The van der Waals surface area contributed by atoms with Crippen LogP contribution in [0.15, 0.2) is 0 Å². The van der Waals surface area contributed by atoms with Crippen LogP contribution in [0.5, 0.6) is 0 Å². The van der Waals surface area contributed by atoms with E-state index in [1.807, 2.05) is 0 Å². The maximum Gasteiger partial charge on any atom is 0.220 e. The Bertz CT molecular complexity index is 134. The van der Waals surface area contributed by atoms with Crippen molar-refractivity contribution in [3.05, 3.63) is 0 Å². The summed E-state index contributed by atoms with van der Waals surface area (Å²) in [5, 5.41) is 3.68. The van der Waals surface area contributed by atoms with Gasteiger partial charge in [0.05, 0.1) is 0 Å². The van der Waals surface area contributed by atoms with E-state index in [0.717, 1.165) is 17.8 Å². The van der Waals surface area contributed by atoms with Crippen LogP contribution in [0.4, 0.5) is 0 Å². The van der Waals surface area contributed by atoms with Crippen LogP contribution in [-0.4, -0.2) is 17.8 Å². The van der Waals surface area contributed by atoms with Gasteiger partial charge in [-0.25, -0.2) is 0 Å². The molecule has 11 heavy (non-hydrogen) atoms. The first-order valence-corrected chi connectivity index (χ1v) is 5.27. The lowest BCUT2D eigenvalue weighted by atomic mass is 9.85. The minimum atomic E-state index is 0.175. The highest BCUT2D eigenvalue weighted by Crippen LogP contribution is 2.25. The Labute approximate surface area is 75.9 Å². The summed E-state index contributed by atoms with van der Waals surface area (Å²) in [6.45, 7) is 0.895. The Balaban J connectivity index is 1.96. The van der Waals surface area contributed by atoms with Crippen LogP contribution >= 0.6 is 15.9 Å². The Morgan fingerprint density at radius 1 is 1.55 bits per heavy atom. The second kappa shape index (κ2) is 4.75. The standard InChI is InChI=1S/C8H14BrNO/c9-5-4-8(11)10-6-7-2-1-3-7/h7H,1-6H2,(H,10,11). The van der Waals surface area contributed by atoms with Crippen molar-refractivity contribution in [3.8, 4) is 0 Å². The molecule has 64 valence electrons. The van der Waals surface area contributed by atoms with Crippen LogP contribution in [0.25, 0.3) is 0 Å². The molecular formula is C8H14BrNO. The van der Waals surface area contributed by atoms with Crippen molar-refractivity contribution in [2.24, 2.45) is 5.92 Å². The van der Waals surface area contributed by atoms with Crippen LogP contribution in [0.1, 0.15) is 25.7 Å². The Hall–Kier alpha value is -0.0500. The summed E-state index contributed by atoms with van der Waals surface area (Å²) in [6, 6.07) is 0. The smallest absolute Gasteiger partial charge is 0.220 e. The molecule has 0 radical (unpaired) electrons. The van der Waals surface area contributed by atoms with E-state index in [9.17, 15) is 4.79 Å². The number of hydrogen-bond donors (Lipinski definition) is 1. The largest absolute Gasteiger partial charge is 0.356 e. The van der Waals surface area contributed by atoms with Crippen molar-refractivity contribution in [1.29, 1.82) is 0 Å². The molecule has 0 aromatic rings. The van der Waals surface area contributed by atoms with Gasteiger partial charge < -0.3 is 5.32 Å². The van der Waals surface area contributed by atoms with Crippen LogP contribution in [0.2, 0.25) is 0 Å². The van der Waals surface area contributed by atoms with E-state index in [2.05, 4.69) is 21.2 Å². The van der Waals surface area contributed by atoms with E-state index in [4.69, 9.17) is 0 Å². The van der Waals surface area contributed by atoms with Gasteiger partial charge in [-0.05, 0) is 18.8 Å². The fourth-order valence-electron chi connectivity index (χ4n) is 1.13. The first-order valence-electron chi connectivity index (χ1n) is 4.15. The average molecular weight is 220 g/mol.